The number of methoxy groups -OCH3 is 1. The smallest absolute Gasteiger partial charge is 0.122 e. The number of benzene rings is 1. The van der Waals surface area contributed by atoms with Crippen molar-refractivity contribution in [2.24, 2.45) is 0 Å². The number of para-hydroxylation sites is 1. The van der Waals surface area contributed by atoms with Gasteiger partial charge in [0.05, 0.1) is 7.11 Å². The maximum atomic E-state index is 5.44. The zero-order valence-corrected chi connectivity index (χ0v) is 12.4. The molecule has 19 heavy (non-hydrogen) atoms. The fourth-order valence-electron chi connectivity index (χ4n) is 2.96. The monoisotopic (exact) mass is 262 g/mol. The Morgan fingerprint density at radius 2 is 2.21 bits per heavy atom. The van der Waals surface area contributed by atoms with Crippen molar-refractivity contribution >= 4 is 0 Å². The second-order valence-electron chi connectivity index (χ2n) is 5.49. The number of hydrogen-bond donors (Lipinski definition) is 1. The van der Waals surface area contributed by atoms with E-state index in [4.69, 9.17) is 4.74 Å². The van der Waals surface area contributed by atoms with Crippen molar-refractivity contribution in [1.29, 1.82) is 0 Å². The molecule has 1 N–H and O–H groups in total. The van der Waals surface area contributed by atoms with Gasteiger partial charge in [-0.1, -0.05) is 18.2 Å². The molecule has 0 amide bonds. The van der Waals surface area contributed by atoms with E-state index in [-0.39, 0.29) is 0 Å². The predicted molar refractivity (Wildman–Crippen MR) is 79.8 cm³/mol. The maximum absolute atomic E-state index is 5.44. The van der Waals surface area contributed by atoms with E-state index in [1.54, 1.807) is 7.11 Å². The van der Waals surface area contributed by atoms with Crippen molar-refractivity contribution < 1.29 is 4.74 Å². The summed E-state index contributed by atoms with van der Waals surface area (Å²) in [7, 11) is 3.82. The van der Waals surface area contributed by atoms with Gasteiger partial charge in [-0.2, -0.15) is 0 Å². The van der Waals surface area contributed by atoms with Crippen LogP contribution in [0.4, 0.5) is 0 Å². The number of nitrogens with one attached hydrogen (secondary N) is 1. The SMILES string of the molecule is CNC1CCCN(C(C)Cc2ccccc2OC)C1. The summed E-state index contributed by atoms with van der Waals surface area (Å²) in [6.45, 7) is 4.70. The second kappa shape index (κ2) is 6.92. The minimum Gasteiger partial charge on any atom is -0.496 e. The van der Waals surface area contributed by atoms with E-state index in [0.717, 1.165) is 18.7 Å². The number of ether oxygens (including phenoxy) is 1. The summed E-state index contributed by atoms with van der Waals surface area (Å²) in [5.74, 6) is 1.01. The van der Waals surface area contributed by atoms with Crippen LogP contribution in [0.3, 0.4) is 0 Å². The summed E-state index contributed by atoms with van der Waals surface area (Å²) in [4.78, 5) is 2.59. The number of hydrogen-bond acceptors (Lipinski definition) is 3. The Kier molecular flexibility index (Phi) is 5.23. The third-order valence-electron chi connectivity index (χ3n) is 4.19. The molecule has 0 spiro atoms. The molecule has 0 bridgehead atoms. The average Bonchev–Trinajstić information content (AvgIpc) is 2.47. The molecule has 1 aliphatic heterocycles. The summed E-state index contributed by atoms with van der Waals surface area (Å²) < 4.78 is 5.44. The van der Waals surface area contributed by atoms with Crippen LogP contribution in [-0.4, -0.2) is 44.2 Å². The lowest BCUT2D eigenvalue weighted by atomic mass is 10.00. The van der Waals surface area contributed by atoms with E-state index in [1.807, 2.05) is 6.07 Å². The van der Waals surface area contributed by atoms with E-state index in [9.17, 15) is 0 Å². The third kappa shape index (κ3) is 3.71. The molecule has 3 nitrogen and oxygen atoms in total. The van der Waals surface area contributed by atoms with Crippen molar-refractivity contribution in [2.45, 2.75) is 38.3 Å². The topological polar surface area (TPSA) is 24.5 Å². The summed E-state index contributed by atoms with van der Waals surface area (Å²) in [5.41, 5.74) is 1.31. The number of rotatable bonds is 5. The molecular formula is C16H26N2O. The first kappa shape index (κ1) is 14.4. The van der Waals surface area contributed by atoms with Crippen molar-refractivity contribution in [3.63, 3.8) is 0 Å². The van der Waals surface area contributed by atoms with Crippen LogP contribution in [0.1, 0.15) is 25.3 Å². The normalized spacial score (nSPS) is 22.2. The maximum Gasteiger partial charge on any atom is 0.122 e. The van der Waals surface area contributed by atoms with Crippen molar-refractivity contribution in [3.8, 4) is 5.75 Å². The lowest BCUT2D eigenvalue weighted by molar-refractivity contribution is 0.147. The Morgan fingerprint density at radius 1 is 1.42 bits per heavy atom. The fourth-order valence-corrected chi connectivity index (χ4v) is 2.96. The molecule has 106 valence electrons. The lowest BCUT2D eigenvalue weighted by Crippen LogP contribution is -2.48. The Morgan fingerprint density at radius 3 is 2.95 bits per heavy atom. The predicted octanol–water partition coefficient (Wildman–Crippen LogP) is 2.31. The van der Waals surface area contributed by atoms with Crippen LogP contribution in [0.25, 0.3) is 0 Å². The molecule has 1 aromatic carbocycles. The lowest BCUT2D eigenvalue weighted by Gasteiger charge is -2.37. The first-order valence-corrected chi connectivity index (χ1v) is 7.27. The Hall–Kier alpha value is -1.06. The quantitative estimate of drug-likeness (QED) is 0.881. The molecule has 1 fully saturated rings. The van der Waals surface area contributed by atoms with E-state index >= 15 is 0 Å². The highest BCUT2D eigenvalue weighted by atomic mass is 16.5. The Labute approximate surface area is 116 Å². The van der Waals surface area contributed by atoms with Gasteiger partial charge in [0, 0.05) is 18.6 Å². The molecule has 1 heterocycles. The van der Waals surface area contributed by atoms with Gasteiger partial charge in [0.1, 0.15) is 5.75 Å². The first-order chi connectivity index (χ1) is 9.24. The van der Waals surface area contributed by atoms with Gasteiger partial charge in [-0.05, 0) is 51.4 Å². The van der Waals surface area contributed by atoms with Crippen LogP contribution in [0.15, 0.2) is 24.3 Å². The fraction of sp³-hybridized carbons (Fsp3) is 0.625. The number of likely N-dealkylation sites (tertiary alicyclic amines) is 1. The highest BCUT2D eigenvalue weighted by Gasteiger charge is 2.23. The molecule has 0 saturated carbocycles. The molecule has 2 unspecified atom stereocenters. The second-order valence-corrected chi connectivity index (χ2v) is 5.49. The van der Waals surface area contributed by atoms with Crippen molar-refractivity contribution in [3.05, 3.63) is 29.8 Å². The van der Waals surface area contributed by atoms with Crippen LogP contribution >= 0.6 is 0 Å². The van der Waals surface area contributed by atoms with Crippen LogP contribution < -0.4 is 10.1 Å². The van der Waals surface area contributed by atoms with Gasteiger partial charge in [0.25, 0.3) is 0 Å². The zero-order valence-electron chi connectivity index (χ0n) is 12.4. The van der Waals surface area contributed by atoms with E-state index in [1.165, 1.54) is 24.9 Å². The minimum atomic E-state index is 0.562. The molecule has 1 aliphatic rings. The van der Waals surface area contributed by atoms with Crippen LogP contribution in [0.2, 0.25) is 0 Å². The van der Waals surface area contributed by atoms with E-state index < -0.39 is 0 Å². The van der Waals surface area contributed by atoms with Crippen LogP contribution in [0.5, 0.6) is 5.75 Å². The number of nitrogens with zero attached hydrogens (tertiary/aromatic N) is 1. The van der Waals surface area contributed by atoms with Crippen molar-refractivity contribution in [2.75, 3.05) is 27.2 Å². The third-order valence-corrected chi connectivity index (χ3v) is 4.19. The Bertz CT molecular complexity index is 394. The largest absolute Gasteiger partial charge is 0.496 e. The zero-order chi connectivity index (χ0) is 13.7. The van der Waals surface area contributed by atoms with Gasteiger partial charge in [0.15, 0.2) is 0 Å². The highest BCUT2D eigenvalue weighted by molar-refractivity contribution is 5.33. The minimum absolute atomic E-state index is 0.562. The van der Waals surface area contributed by atoms with Gasteiger partial charge in [-0.15, -0.1) is 0 Å². The van der Waals surface area contributed by atoms with Crippen LogP contribution in [-0.2, 0) is 6.42 Å². The highest BCUT2D eigenvalue weighted by Crippen LogP contribution is 2.22. The number of piperidine rings is 1. The molecule has 2 rings (SSSR count). The summed E-state index contributed by atoms with van der Waals surface area (Å²) >= 11 is 0. The summed E-state index contributed by atoms with van der Waals surface area (Å²) in [5, 5.41) is 3.41. The first-order valence-electron chi connectivity index (χ1n) is 7.27. The van der Waals surface area contributed by atoms with E-state index in [2.05, 4.69) is 42.4 Å². The van der Waals surface area contributed by atoms with Crippen LogP contribution in [0, 0.1) is 0 Å². The van der Waals surface area contributed by atoms with Gasteiger partial charge in [-0.3, -0.25) is 4.90 Å². The molecule has 1 aromatic rings. The standard InChI is InChI=1S/C16H26N2O/c1-13(18-10-6-8-15(12-18)17-2)11-14-7-4-5-9-16(14)19-3/h4-5,7,9,13,15,17H,6,8,10-12H2,1-3H3. The van der Waals surface area contributed by atoms with Crippen molar-refractivity contribution in [1.82, 2.24) is 10.2 Å². The average molecular weight is 262 g/mol. The molecule has 2 atom stereocenters. The Balaban J connectivity index is 1.98. The van der Waals surface area contributed by atoms with E-state index in [0.29, 0.717) is 12.1 Å². The van der Waals surface area contributed by atoms with Gasteiger partial charge >= 0.3 is 0 Å². The molecular weight excluding hydrogens is 236 g/mol. The summed E-state index contributed by atoms with van der Waals surface area (Å²) in [6, 6.07) is 9.56. The van der Waals surface area contributed by atoms with Gasteiger partial charge < -0.3 is 10.1 Å². The molecule has 0 aliphatic carbocycles. The molecule has 1 saturated heterocycles. The summed E-state index contributed by atoms with van der Waals surface area (Å²) in [6.07, 6.45) is 3.65. The molecule has 0 aromatic heterocycles. The molecule has 0 radical (unpaired) electrons. The molecule has 3 heteroatoms. The van der Waals surface area contributed by atoms with Gasteiger partial charge in [0.2, 0.25) is 0 Å². The number of likely N-dealkylation sites (N-methyl/N-ethyl adjacent to an activating group) is 1. The van der Waals surface area contributed by atoms with Gasteiger partial charge in [-0.25, -0.2) is 0 Å².